The van der Waals surface area contributed by atoms with Crippen LogP contribution in [-0.4, -0.2) is 77.9 Å². The third-order valence-electron chi connectivity index (χ3n) is 4.98. The van der Waals surface area contributed by atoms with E-state index < -0.39 is 18.0 Å². The van der Waals surface area contributed by atoms with Gasteiger partial charge in [0.15, 0.2) is 0 Å². The summed E-state index contributed by atoms with van der Waals surface area (Å²) in [5, 5.41) is 10.1. The van der Waals surface area contributed by atoms with Crippen LogP contribution in [0.5, 0.6) is 0 Å². The lowest BCUT2D eigenvalue weighted by Crippen LogP contribution is -2.65. The molecule has 2 aliphatic rings. The Morgan fingerprint density at radius 1 is 1.28 bits per heavy atom. The highest BCUT2D eigenvalue weighted by Crippen LogP contribution is 2.18. The summed E-state index contributed by atoms with van der Waals surface area (Å²) in [5.41, 5.74) is 0. The lowest BCUT2D eigenvalue weighted by Gasteiger charge is -2.41. The number of amides is 5. The average molecular weight is 422 g/mol. The fraction of sp³-hybridized carbons (Fsp3) is 0.579. The first-order chi connectivity index (χ1) is 13.9. The van der Waals surface area contributed by atoms with Gasteiger partial charge in [0.1, 0.15) is 12.1 Å². The van der Waals surface area contributed by atoms with E-state index in [0.717, 1.165) is 6.42 Å². The van der Waals surface area contributed by atoms with Crippen LogP contribution in [0.2, 0.25) is 0 Å². The van der Waals surface area contributed by atoms with Crippen LogP contribution < -0.4 is 16.0 Å². The maximum atomic E-state index is 13.0. The number of rotatable bonds is 4. The summed E-state index contributed by atoms with van der Waals surface area (Å²) in [6, 6.07) is 1.64. The Kier molecular flexibility index (Phi) is 6.73. The molecule has 3 heterocycles. The summed E-state index contributed by atoms with van der Waals surface area (Å²) < 4.78 is 0. The van der Waals surface area contributed by atoms with Crippen LogP contribution in [0.3, 0.4) is 0 Å². The van der Waals surface area contributed by atoms with Gasteiger partial charge in [-0.25, -0.2) is 4.79 Å². The number of nitrogens with one attached hydrogen (secondary N) is 3. The first-order valence-electron chi connectivity index (χ1n) is 9.85. The predicted molar refractivity (Wildman–Crippen MR) is 109 cm³/mol. The predicted octanol–water partition coefficient (Wildman–Crippen LogP) is 0.387. The first kappa shape index (κ1) is 21.1. The van der Waals surface area contributed by atoms with E-state index in [9.17, 15) is 19.2 Å². The summed E-state index contributed by atoms with van der Waals surface area (Å²) in [7, 11) is 0. The highest BCUT2D eigenvalue weighted by atomic mass is 32.1. The molecule has 29 heavy (non-hydrogen) atoms. The minimum atomic E-state index is -0.860. The van der Waals surface area contributed by atoms with Crippen molar-refractivity contribution in [2.45, 2.75) is 44.8 Å². The molecular weight excluding hydrogens is 394 g/mol. The van der Waals surface area contributed by atoms with E-state index in [4.69, 9.17) is 0 Å². The maximum Gasteiger partial charge on any atom is 0.318 e. The molecule has 5 amide bonds. The lowest BCUT2D eigenvalue weighted by atomic mass is 10.1. The molecule has 2 fully saturated rings. The monoisotopic (exact) mass is 421 g/mol. The summed E-state index contributed by atoms with van der Waals surface area (Å²) in [6.45, 7) is 4.95. The van der Waals surface area contributed by atoms with E-state index in [2.05, 4.69) is 16.0 Å². The van der Waals surface area contributed by atoms with Gasteiger partial charge in [-0.15, -0.1) is 11.3 Å². The highest BCUT2D eigenvalue weighted by Gasteiger charge is 2.39. The fourth-order valence-electron chi connectivity index (χ4n) is 3.50. The number of carbonyl (C=O) groups is 4. The number of urea groups is 1. The van der Waals surface area contributed by atoms with Crippen molar-refractivity contribution < 1.29 is 19.2 Å². The Bertz CT molecular complexity index is 767. The van der Waals surface area contributed by atoms with Crippen molar-refractivity contribution in [1.29, 1.82) is 0 Å². The number of carbonyl (C=O) groups excluding carboxylic acids is 4. The van der Waals surface area contributed by atoms with Crippen molar-refractivity contribution in [3.8, 4) is 0 Å². The van der Waals surface area contributed by atoms with Crippen LogP contribution in [0, 0.1) is 0 Å². The topological polar surface area (TPSA) is 111 Å². The van der Waals surface area contributed by atoms with Gasteiger partial charge in [-0.3, -0.25) is 14.4 Å². The number of hydrogen-bond donors (Lipinski definition) is 3. The largest absolute Gasteiger partial charge is 0.354 e. The molecule has 1 aromatic heterocycles. The van der Waals surface area contributed by atoms with Gasteiger partial charge >= 0.3 is 6.03 Å². The average Bonchev–Trinajstić information content (AvgIpc) is 3.23. The molecule has 10 heteroatoms. The van der Waals surface area contributed by atoms with E-state index in [0.29, 0.717) is 24.4 Å². The van der Waals surface area contributed by atoms with Crippen LogP contribution in [0.25, 0.3) is 0 Å². The second-order valence-corrected chi connectivity index (χ2v) is 8.48. The third-order valence-corrected chi connectivity index (χ3v) is 5.83. The van der Waals surface area contributed by atoms with Gasteiger partial charge in [-0.2, -0.15) is 0 Å². The minimum Gasteiger partial charge on any atom is -0.354 e. The van der Waals surface area contributed by atoms with Crippen molar-refractivity contribution in [3.63, 3.8) is 0 Å². The van der Waals surface area contributed by atoms with E-state index in [1.807, 2.05) is 19.2 Å². The standard InChI is InChI=1S/C19H27N5O4S/c1-12(2)21-19(28)24-9-8-23(18(27)15-6-4-10-29-15)11-14(24)17(26)22-13-5-3-7-20-16(13)25/h4,6,10,12-14H,3,5,7-9,11H2,1-2H3,(H,20,25)(H,21,28)(H,22,26)/t13-,14+/m1/s1. The molecule has 9 nitrogen and oxygen atoms in total. The van der Waals surface area contributed by atoms with Crippen LogP contribution >= 0.6 is 11.3 Å². The number of piperidine rings is 1. The van der Waals surface area contributed by atoms with Gasteiger partial charge in [0.25, 0.3) is 5.91 Å². The number of thiophene rings is 1. The fourth-order valence-corrected chi connectivity index (χ4v) is 4.19. The molecule has 3 N–H and O–H groups in total. The van der Waals surface area contributed by atoms with E-state index in [1.165, 1.54) is 16.2 Å². The molecular formula is C19H27N5O4S. The van der Waals surface area contributed by atoms with Crippen molar-refractivity contribution in [2.75, 3.05) is 26.2 Å². The quantitative estimate of drug-likeness (QED) is 0.653. The Morgan fingerprint density at radius 3 is 2.72 bits per heavy atom. The molecule has 3 rings (SSSR count). The van der Waals surface area contributed by atoms with Gasteiger partial charge in [-0.1, -0.05) is 6.07 Å². The van der Waals surface area contributed by atoms with E-state index >= 15 is 0 Å². The summed E-state index contributed by atoms with van der Waals surface area (Å²) >= 11 is 1.34. The zero-order valence-corrected chi connectivity index (χ0v) is 17.5. The van der Waals surface area contributed by atoms with Crippen molar-refractivity contribution in [2.24, 2.45) is 0 Å². The molecule has 2 aliphatic heterocycles. The molecule has 2 saturated heterocycles. The lowest BCUT2D eigenvalue weighted by molar-refractivity contribution is -0.133. The van der Waals surface area contributed by atoms with E-state index in [-0.39, 0.29) is 37.0 Å². The Balaban J connectivity index is 1.75. The number of piperazine rings is 1. The third kappa shape index (κ3) is 5.06. The maximum absolute atomic E-state index is 13.0. The molecule has 1 aromatic rings. The molecule has 158 valence electrons. The summed E-state index contributed by atoms with van der Waals surface area (Å²) in [5.74, 6) is -0.795. The van der Waals surface area contributed by atoms with Crippen LogP contribution in [0.1, 0.15) is 36.4 Å². The zero-order chi connectivity index (χ0) is 21.0. The Labute approximate surface area is 173 Å². The summed E-state index contributed by atoms with van der Waals surface area (Å²) in [4.78, 5) is 54.1. The smallest absolute Gasteiger partial charge is 0.318 e. The Hall–Kier alpha value is -2.62. The van der Waals surface area contributed by atoms with Crippen molar-refractivity contribution >= 4 is 35.1 Å². The van der Waals surface area contributed by atoms with Gasteiger partial charge in [0.2, 0.25) is 11.8 Å². The molecule has 0 aliphatic carbocycles. The van der Waals surface area contributed by atoms with E-state index in [1.54, 1.807) is 17.0 Å². The van der Waals surface area contributed by atoms with Crippen LogP contribution in [-0.2, 0) is 9.59 Å². The van der Waals surface area contributed by atoms with Crippen molar-refractivity contribution in [3.05, 3.63) is 22.4 Å². The van der Waals surface area contributed by atoms with Gasteiger partial charge in [-0.05, 0) is 38.1 Å². The molecule has 0 aromatic carbocycles. The second kappa shape index (κ2) is 9.25. The normalized spacial score (nSPS) is 22.2. The SMILES string of the molecule is CC(C)NC(=O)N1CCN(C(=O)c2cccs2)C[C@H]1C(=O)N[C@@H]1CCCNC1=O. The number of hydrogen-bond acceptors (Lipinski definition) is 5. The second-order valence-electron chi connectivity index (χ2n) is 7.54. The van der Waals surface area contributed by atoms with Gasteiger partial charge in [0.05, 0.1) is 11.4 Å². The molecule has 0 radical (unpaired) electrons. The first-order valence-corrected chi connectivity index (χ1v) is 10.7. The summed E-state index contributed by atoms with van der Waals surface area (Å²) in [6.07, 6.45) is 1.34. The van der Waals surface area contributed by atoms with Crippen LogP contribution in [0.4, 0.5) is 4.79 Å². The zero-order valence-electron chi connectivity index (χ0n) is 16.6. The molecule has 0 spiro atoms. The van der Waals surface area contributed by atoms with Gasteiger partial charge < -0.3 is 25.8 Å². The van der Waals surface area contributed by atoms with Gasteiger partial charge in [0, 0.05) is 25.7 Å². The molecule has 2 atom stereocenters. The molecule has 0 unspecified atom stereocenters. The number of nitrogens with zero attached hydrogens (tertiary/aromatic N) is 2. The Morgan fingerprint density at radius 2 is 2.07 bits per heavy atom. The molecule has 0 saturated carbocycles. The van der Waals surface area contributed by atoms with Crippen molar-refractivity contribution in [1.82, 2.24) is 25.8 Å². The molecule has 0 bridgehead atoms. The minimum absolute atomic E-state index is 0.0823. The highest BCUT2D eigenvalue weighted by molar-refractivity contribution is 7.12. The van der Waals surface area contributed by atoms with Crippen LogP contribution in [0.15, 0.2) is 17.5 Å².